The summed E-state index contributed by atoms with van der Waals surface area (Å²) in [5, 5.41) is 2.74. The maximum Gasteiger partial charge on any atom is 0.435 e. The van der Waals surface area contributed by atoms with Crippen LogP contribution in [0.5, 0.6) is 0 Å². The van der Waals surface area contributed by atoms with E-state index in [-0.39, 0.29) is 5.01 Å². The minimum Gasteiger partial charge on any atom is -0.321 e. The summed E-state index contributed by atoms with van der Waals surface area (Å²) in [4.78, 5) is 19.9. The molecule has 0 radical (unpaired) electrons. The van der Waals surface area contributed by atoms with Gasteiger partial charge >= 0.3 is 6.18 Å². The third-order valence-electron chi connectivity index (χ3n) is 3.55. The number of rotatable bonds is 3. The van der Waals surface area contributed by atoms with Crippen LogP contribution in [0.3, 0.4) is 0 Å². The van der Waals surface area contributed by atoms with Crippen molar-refractivity contribution in [3.8, 4) is 11.3 Å². The topological polar surface area (TPSA) is 54.9 Å². The number of amides is 1. The average Bonchev–Trinajstić information content (AvgIpc) is 2.98. The van der Waals surface area contributed by atoms with Crippen LogP contribution in [-0.2, 0) is 6.18 Å². The van der Waals surface area contributed by atoms with Crippen LogP contribution in [0.2, 0.25) is 0 Å². The van der Waals surface area contributed by atoms with Gasteiger partial charge in [-0.05, 0) is 32.0 Å². The summed E-state index contributed by atoms with van der Waals surface area (Å²) in [6.07, 6.45) is -4.69. The van der Waals surface area contributed by atoms with Crippen LogP contribution in [-0.4, -0.2) is 15.9 Å². The minimum atomic E-state index is -4.69. The number of benzene rings is 1. The van der Waals surface area contributed by atoms with Crippen molar-refractivity contribution in [1.29, 1.82) is 0 Å². The number of aromatic nitrogens is 2. The maximum absolute atomic E-state index is 13.1. The number of alkyl halides is 3. The van der Waals surface area contributed by atoms with Crippen LogP contribution in [0, 0.1) is 13.8 Å². The van der Waals surface area contributed by atoms with E-state index in [1.54, 1.807) is 30.3 Å². The third-order valence-corrected chi connectivity index (χ3v) is 4.52. The fourth-order valence-electron chi connectivity index (χ4n) is 2.46. The lowest BCUT2D eigenvalue weighted by Gasteiger charge is -2.11. The number of aryl methyl sites for hydroxylation is 2. The van der Waals surface area contributed by atoms with Crippen molar-refractivity contribution < 1.29 is 18.0 Å². The molecular weight excluding hydrogens is 363 g/mol. The molecule has 134 valence electrons. The Labute approximate surface area is 151 Å². The van der Waals surface area contributed by atoms with E-state index in [2.05, 4.69) is 15.3 Å². The minimum absolute atomic E-state index is 0.177. The van der Waals surface area contributed by atoms with E-state index in [9.17, 15) is 18.0 Å². The van der Waals surface area contributed by atoms with Gasteiger partial charge in [0.2, 0.25) is 0 Å². The number of carbonyl (C=O) groups is 1. The molecule has 0 saturated carbocycles. The van der Waals surface area contributed by atoms with Gasteiger partial charge < -0.3 is 5.32 Å². The Balaban J connectivity index is 1.97. The number of para-hydroxylation sites is 1. The number of nitrogens with zero attached hydrogens (tertiary/aromatic N) is 2. The Bertz CT molecular complexity index is 966. The first-order valence-corrected chi connectivity index (χ1v) is 8.46. The number of thiazole rings is 1. The largest absolute Gasteiger partial charge is 0.435 e. The normalized spacial score (nSPS) is 11.4. The second-order valence-electron chi connectivity index (χ2n) is 5.57. The molecule has 0 atom stereocenters. The second-order valence-corrected chi connectivity index (χ2v) is 6.78. The number of hydrogen-bond acceptors (Lipinski definition) is 4. The molecule has 1 aromatic carbocycles. The van der Waals surface area contributed by atoms with Gasteiger partial charge in [0.1, 0.15) is 4.88 Å². The molecule has 0 aliphatic rings. The molecule has 0 spiro atoms. The first-order chi connectivity index (χ1) is 12.3. The van der Waals surface area contributed by atoms with E-state index in [0.717, 1.165) is 5.69 Å². The van der Waals surface area contributed by atoms with Crippen LogP contribution in [0.25, 0.3) is 11.3 Å². The van der Waals surface area contributed by atoms with Gasteiger partial charge in [-0.15, -0.1) is 11.3 Å². The smallest absolute Gasteiger partial charge is 0.321 e. The van der Waals surface area contributed by atoms with Crippen LogP contribution in [0.15, 0.2) is 42.5 Å². The van der Waals surface area contributed by atoms with E-state index < -0.39 is 22.7 Å². The molecule has 3 rings (SSSR count). The third kappa shape index (κ3) is 3.75. The summed E-state index contributed by atoms with van der Waals surface area (Å²) in [6, 6.07) is 12.3. The van der Waals surface area contributed by atoms with Crippen molar-refractivity contribution in [1.82, 2.24) is 9.97 Å². The van der Waals surface area contributed by atoms with E-state index in [0.29, 0.717) is 28.3 Å². The molecule has 0 fully saturated rings. The van der Waals surface area contributed by atoms with Gasteiger partial charge in [-0.2, -0.15) is 13.2 Å². The first kappa shape index (κ1) is 18.1. The SMILES string of the molecule is Cc1cccc(-c2ccccc2NC(=O)c2sc(C)nc2C(F)(F)F)n1. The van der Waals surface area contributed by atoms with Crippen molar-refractivity contribution in [3.63, 3.8) is 0 Å². The van der Waals surface area contributed by atoms with Gasteiger partial charge in [0.05, 0.1) is 16.4 Å². The summed E-state index contributed by atoms with van der Waals surface area (Å²) >= 11 is 0.714. The van der Waals surface area contributed by atoms with Crippen molar-refractivity contribution >= 4 is 22.9 Å². The summed E-state index contributed by atoms with van der Waals surface area (Å²) in [5.74, 6) is -0.844. The Morgan fingerprint density at radius 2 is 1.77 bits per heavy atom. The van der Waals surface area contributed by atoms with Crippen molar-refractivity contribution in [2.24, 2.45) is 0 Å². The molecule has 2 aromatic heterocycles. The highest BCUT2D eigenvalue weighted by Crippen LogP contribution is 2.35. The van der Waals surface area contributed by atoms with Crippen molar-refractivity contribution in [3.05, 3.63) is 63.7 Å². The molecular formula is C18H14F3N3OS. The molecule has 8 heteroatoms. The molecule has 0 unspecified atom stereocenters. The molecule has 0 aliphatic heterocycles. The molecule has 26 heavy (non-hydrogen) atoms. The quantitative estimate of drug-likeness (QED) is 0.691. The lowest BCUT2D eigenvalue weighted by Crippen LogP contribution is -2.17. The monoisotopic (exact) mass is 377 g/mol. The van der Waals surface area contributed by atoms with Gasteiger partial charge in [0.15, 0.2) is 5.69 Å². The van der Waals surface area contributed by atoms with Crippen molar-refractivity contribution in [2.45, 2.75) is 20.0 Å². The molecule has 1 N–H and O–H groups in total. The number of carbonyl (C=O) groups excluding carboxylic acids is 1. The second kappa shape index (κ2) is 6.87. The van der Waals surface area contributed by atoms with E-state index in [1.807, 2.05) is 19.1 Å². The summed E-state index contributed by atoms with van der Waals surface area (Å²) in [7, 11) is 0. The van der Waals surface area contributed by atoms with Gasteiger partial charge in [0.25, 0.3) is 5.91 Å². The Morgan fingerprint density at radius 3 is 2.46 bits per heavy atom. The van der Waals surface area contributed by atoms with Crippen LogP contribution < -0.4 is 5.32 Å². The van der Waals surface area contributed by atoms with Crippen LogP contribution in [0.1, 0.15) is 26.1 Å². The number of hydrogen-bond donors (Lipinski definition) is 1. The standard InChI is InChI=1S/C18H14F3N3OS/c1-10-6-5-9-13(22-10)12-7-3-4-8-14(12)24-17(25)15-16(18(19,20)21)23-11(2)26-15/h3-9H,1-2H3,(H,24,25). The fraction of sp³-hybridized carbons (Fsp3) is 0.167. The number of pyridine rings is 1. The number of anilines is 1. The van der Waals surface area contributed by atoms with Crippen LogP contribution >= 0.6 is 11.3 Å². The predicted octanol–water partition coefficient (Wildman–Crippen LogP) is 5.09. The lowest BCUT2D eigenvalue weighted by molar-refractivity contribution is -0.141. The summed E-state index contributed by atoms with van der Waals surface area (Å²) in [5.41, 5.74) is 1.26. The highest BCUT2D eigenvalue weighted by Gasteiger charge is 2.39. The Kier molecular flexibility index (Phi) is 4.78. The van der Waals surface area contributed by atoms with E-state index in [1.165, 1.54) is 6.92 Å². The lowest BCUT2D eigenvalue weighted by atomic mass is 10.1. The zero-order valence-corrected chi connectivity index (χ0v) is 14.7. The van der Waals surface area contributed by atoms with Gasteiger partial charge in [-0.3, -0.25) is 9.78 Å². The van der Waals surface area contributed by atoms with Gasteiger partial charge in [0, 0.05) is 11.3 Å². The zero-order valence-electron chi connectivity index (χ0n) is 13.9. The molecule has 0 saturated heterocycles. The highest BCUT2D eigenvalue weighted by atomic mass is 32.1. The van der Waals surface area contributed by atoms with Crippen molar-refractivity contribution in [2.75, 3.05) is 5.32 Å². The molecule has 3 aromatic rings. The van der Waals surface area contributed by atoms with Gasteiger partial charge in [-0.1, -0.05) is 24.3 Å². The molecule has 2 heterocycles. The molecule has 1 amide bonds. The number of halogens is 3. The average molecular weight is 377 g/mol. The van der Waals surface area contributed by atoms with E-state index >= 15 is 0 Å². The fourth-order valence-corrected chi connectivity index (χ4v) is 3.29. The van der Waals surface area contributed by atoms with E-state index in [4.69, 9.17) is 0 Å². The predicted molar refractivity (Wildman–Crippen MR) is 94.2 cm³/mol. The summed E-state index contributed by atoms with van der Waals surface area (Å²) < 4.78 is 39.3. The molecule has 0 bridgehead atoms. The molecule has 4 nitrogen and oxygen atoms in total. The Morgan fingerprint density at radius 1 is 1.04 bits per heavy atom. The molecule has 0 aliphatic carbocycles. The zero-order chi connectivity index (χ0) is 18.9. The first-order valence-electron chi connectivity index (χ1n) is 7.65. The highest BCUT2D eigenvalue weighted by molar-refractivity contribution is 7.13. The van der Waals surface area contributed by atoms with Crippen LogP contribution in [0.4, 0.5) is 18.9 Å². The summed E-state index contributed by atoms with van der Waals surface area (Å²) in [6.45, 7) is 3.27. The van der Waals surface area contributed by atoms with Gasteiger partial charge in [-0.25, -0.2) is 4.98 Å². The number of nitrogens with one attached hydrogen (secondary N) is 1. The maximum atomic E-state index is 13.1. The Hall–Kier alpha value is -2.74.